The molecule has 1 aromatic heterocycles. The number of hydrogen-bond donors (Lipinski definition) is 1. The third kappa shape index (κ3) is 3.57. The van der Waals surface area contributed by atoms with Gasteiger partial charge in [-0.1, -0.05) is 27.5 Å². The molecule has 0 aliphatic rings. The zero-order valence-corrected chi connectivity index (χ0v) is 14.0. The lowest BCUT2D eigenvalue weighted by atomic mass is 10.2. The average Bonchev–Trinajstić information content (AvgIpc) is 2.70. The number of rotatable bonds is 4. The Morgan fingerprint density at radius 1 is 1.48 bits per heavy atom. The van der Waals surface area contributed by atoms with E-state index in [1.54, 1.807) is 22.9 Å². The van der Waals surface area contributed by atoms with E-state index in [1.165, 1.54) is 0 Å². The van der Waals surface area contributed by atoms with Crippen LogP contribution in [0.2, 0.25) is 5.02 Å². The molecule has 112 valence electrons. The molecule has 0 fully saturated rings. The molecule has 0 unspecified atom stereocenters. The van der Waals surface area contributed by atoms with Crippen molar-refractivity contribution >= 4 is 39.2 Å². The molecule has 0 atom stereocenters. The monoisotopic (exact) mass is 371 g/mol. The maximum absolute atomic E-state index is 12.1. The van der Waals surface area contributed by atoms with Gasteiger partial charge in [-0.3, -0.25) is 4.68 Å². The number of nitrogen functional groups attached to an aromatic ring is 1. The third-order valence-corrected chi connectivity index (χ3v) is 3.90. The van der Waals surface area contributed by atoms with Crippen molar-refractivity contribution in [2.45, 2.75) is 27.0 Å². The number of ether oxygens (including phenoxy) is 1. The molecule has 0 bridgehead atoms. The molecule has 0 saturated heterocycles. The van der Waals surface area contributed by atoms with Crippen molar-refractivity contribution in [1.82, 2.24) is 9.78 Å². The summed E-state index contributed by atoms with van der Waals surface area (Å²) < 4.78 is 7.75. The fourth-order valence-corrected chi connectivity index (χ4v) is 2.66. The zero-order chi connectivity index (χ0) is 15.6. The quantitative estimate of drug-likeness (QED) is 0.658. The van der Waals surface area contributed by atoms with Gasteiger partial charge in [0, 0.05) is 16.7 Å². The summed E-state index contributed by atoms with van der Waals surface area (Å²) >= 11 is 9.46. The molecule has 0 aliphatic heterocycles. The van der Waals surface area contributed by atoms with E-state index in [2.05, 4.69) is 21.0 Å². The number of esters is 1. The Labute approximate surface area is 136 Å². The van der Waals surface area contributed by atoms with Crippen LogP contribution in [0, 0.1) is 6.92 Å². The van der Waals surface area contributed by atoms with Gasteiger partial charge < -0.3 is 10.5 Å². The minimum absolute atomic E-state index is 0.0682. The largest absolute Gasteiger partial charge is 0.456 e. The predicted octanol–water partition coefficient (Wildman–Crippen LogP) is 3.57. The lowest BCUT2D eigenvalue weighted by Gasteiger charge is -2.08. The molecule has 1 heterocycles. The zero-order valence-electron chi connectivity index (χ0n) is 11.7. The average molecular weight is 373 g/mol. The lowest BCUT2D eigenvalue weighted by molar-refractivity contribution is 0.0462. The minimum Gasteiger partial charge on any atom is -0.456 e. The van der Waals surface area contributed by atoms with E-state index >= 15 is 0 Å². The van der Waals surface area contributed by atoms with Gasteiger partial charge in [0.2, 0.25) is 0 Å². The number of halogens is 2. The number of anilines is 1. The Morgan fingerprint density at radius 3 is 2.81 bits per heavy atom. The third-order valence-electron chi connectivity index (χ3n) is 2.95. The van der Waals surface area contributed by atoms with Crippen LogP contribution in [-0.4, -0.2) is 15.7 Å². The molecule has 0 radical (unpaired) electrons. The Balaban J connectivity index is 2.14. The molecule has 0 amide bonds. The fourth-order valence-electron chi connectivity index (χ4n) is 1.95. The van der Waals surface area contributed by atoms with E-state index in [0.29, 0.717) is 28.5 Å². The van der Waals surface area contributed by atoms with Gasteiger partial charge in [0.05, 0.1) is 22.0 Å². The molecule has 7 heteroatoms. The molecule has 0 saturated carbocycles. The first-order chi connectivity index (χ1) is 9.92. The summed E-state index contributed by atoms with van der Waals surface area (Å²) in [6.45, 7) is 4.49. The first-order valence-electron chi connectivity index (χ1n) is 6.37. The number of benzene rings is 1. The van der Waals surface area contributed by atoms with Gasteiger partial charge in [0.25, 0.3) is 0 Å². The van der Waals surface area contributed by atoms with Gasteiger partial charge >= 0.3 is 5.97 Å². The van der Waals surface area contributed by atoms with Gasteiger partial charge in [-0.2, -0.15) is 5.10 Å². The van der Waals surface area contributed by atoms with E-state index in [1.807, 2.05) is 13.8 Å². The lowest BCUT2D eigenvalue weighted by Crippen LogP contribution is -2.10. The van der Waals surface area contributed by atoms with E-state index in [-0.39, 0.29) is 6.61 Å². The molecule has 2 aromatic rings. The van der Waals surface area contributed by atoms with Crippen molar-refractivity contribution in [2.24, 2.45) is 0 Å². The van der Waals surface area contributed by atoms with Crippen LogP contribution in [0.4, 0.5) is 5.69 Å². The molecular weight excluding hydrogens is 358 g/mol. The second-order valence-electron chi connectivity index (χ2n) is 4.51. The maximum Gasteiger partial charge on any atom is 0.338 e. The Bertz CT molecular complexity index is 665. The number of carbonyl (C=O) groups is 1. The molecular formula is C14H15BrClN3O2. The van der Waals surface area contributed by atoms with Crippen molar-refractivity contribution in [2.75, 3.05) is 5.73 Å². The van der Waals surface area contributed by atoms with Crippen LogP contribution in [0.5, 0.6) is 0 Å². The topological polar surface area (TPSA) is 70.1 Å². The normalized spacial score (nSPS) is 10.7. The number of nitrogens with two attached hydrogens (primary N) is 1. The number of aromatic nitrogens is 2. The molecule has 5 nitrogen and oxygen atoms in total. The second kappa shape index (κ2) is 6.49. The summed E-state index contributed by atoms with van der Waals surface area (Å²) in [6, 6.07) is 4.93. The molecule has 1 aromatic carbocycles. The van der Waals surface area contributed by atoms with Crippen molar-refractivity contribution in [3.63, 3.8) is 0 Å². The minimum atomic E-state index is -0.458. The highest BCUT2D eigenvalue weighted by Gasteiger charge is 2.16. The highest BCUT2D eigenvalue weighted by molar-refractivity contribution is 9.10. The number of carbonyl (C=O) groups excluding carboxylic acids is 1. The summed E-state index contributed by atoms with van der Waals surface area (Å²) in [6.07, 6.45) is 0. The van der Waals surface area contributed by atoms with Crippen LogP contribution in [0.3, 0.4) is 0 Å². The summed E-state index contributed by atoms with van der Waals surface area (Å²) in [5, 5.41) is 4.80. The number of hydrogen-bond acceptors (Lipinski definition) is 4. The fraction of sp³-hybridized carbons (Fsp3) is 0.286. The van der Waals surface area contributed by atoms with Crippen LogP contribution in [0.25, 0.3) is 0 Å². The van der Waals surface area contributed by atoms with Crippen LogP contribution in [-0.2, 0) is 17.9 Å². The van der Waals surface area contributed by atoms with Gasteiger partial charge in [-0.05, 0) is 32.0 Å². The van der Waals surface area contributed by atoms with Crippen LogP contribution >= 0.6 is 27.5 Å². The molecule has 2 rings (SSSR count). The van der Waals surface area contributed by atoms with Crippen molar-refractivity contribution in [1.29, 1.82) is 0 Å². The van der Waals surface area contributed by atoms with Crippen molar-refractivity contribution in [3.05, 3.63) is 44.6 Å². The number of nitrogens with zero attached hydrogens (tertiary/aromatic N) is 2. The van der Waals surface area contributed by atoms with E-state index in [9.17, 15) is 4.79 Å². The molecule has 0 spiro atoms. The van der Waals surface area contributed by atoms with E-state index < -0.39 is 5.97 Å². The van der Waals surface area contributed by atoms with Crippen LogP contribution < -0.4 is 5.73 Å². The molecule has 0 aliphatic carbocycles. The smallest absolute Gasteiger partial charge is 0.338 e. The maximum atomic E-state index is 12.1. The van der Waals surface area contributed by atoms with Crippen LogP contribution in [0.15, 0.2) is 22.7 Å². The van der Waals surface area contributed by atoms with E-state index in [4.69, 9.17) is 22.1 Å². The highest BCUT2D eigenvalue weighted by Crippen LogP contribution is 2.22. The van der Waals surface area contributed by atoms with Gasteiger partial charge in [-0.25, -0.2) is 4.79 Å². The van der Waals surface area contributed by atoms with E-state index in [0.717, 1.165) is 10.2 Å². The highest BCUT2D eigenvalue weighted by atomic mass is 79.9. The van der Waals surface area contributed by atoms with Gasteiger partial charge in [0.1, 0.15) is 6.61 Å². The molecule has 21 heavy (non-hydrogen) atoms. The first-order valence-corrected chi connectivity index (χ1v) is 7.54. The summed E-state index contributed by atoms with van der Waals surface area (Å²) in [4.78, 5) is 12.1. The van der Waals surface area contributed by atoms with Crippen molar-refractivity contribution < 1.29 is 9.53 Å². The number of aryl methyl sites for hydroxylation is 2. The Kier molecular flexibility index (Phi) is 4.90. The second-order valence-corrected chi connectivity index (χ2v) is 5.80. The van der Waals surface area contributed by atoms with Gasteiger partial charge in [0.15, 0.2) is 0 Å². The Hall–Kier alpha value is -1.53. The predicted molar refractivity (Wildman–Crippen MR) is 85.3 cm³/mol. The summed E-state index contributed by atoms with van der Waals surface area (Å²) in [5.74, 6) is -0.458. The van der Waals surface area contributed by atoms with Crippen LogP contribution in [0.1, 0.15) is 28.7 Å². The summed E-state index contributed by atoms with van der Waals surface area (Å²) in [7, 11) is 0. The standard InChI is InChI=1S/C14H15BrClN3O2/c1-3-19-12(13(16)8(2)18-19)7-21-14(20)9-4-10(15)6-11(17)5-9/h4-6H,3,7,17H2,1-2H3. The Morgan fingerprint density at radius 2 is 2.19 bits per heavy atom. The SMILES string of the molecule is CCn1nc(C)c(Cl)c1COC(=O)c1cc(N)cc(Br)c1. The summed E-state index contributed by atoms with van der Waals surface area (Å²) in [5.41, 5.74) is 7.99. The van der Waals surface area contributed by atoms with Gasteiger partial charge in [-0.15, -0.1) is 0 Å². The molecule has 2 N–H and O–H groups in total. The first kappa shape index (κ1) is 15.9. The van der Waals surface area contributed by atoms with Crippen molar-refractivity contribution in [3.8, 4) is 0 Å².